The second-order valence-electron chi connectivity index (χ2n) is 7.87. The van der Waals surface area contributed by atoms with Crippen molar-refractivity contribution in [1.29, 1.82) is 0 Å². The Labute approximate surface area is 188 Å². The van der Waals surface area contributed by atoms with Crippen molar-refractivity contribution in [3.05, 3.63) is 70.1 Å². The van der Waals surface area contributed by atoms with Crippen LogP contribution in [0, 0.1) is 12.3 Å². The molecule has 0 aliphatic carbocycles. The molecule has 0 saturated heterocycles. The summed E-state index contributed by atoms with van der Waals surface area (Å²) in [6.07, 6.45) is 8.56. The summed E-state index contributed by atoms with van der Waals surface area (Å²) >= 11 is 0. The van der Waals surface area contributed by atoms with E-state index in [0.717, 1.165) is 22.7 Å². The molecule has 0 aliphatic rings. The largest absolute Gasteiger partial charge is 0.340 e. The zero-order valence-electron chi connectivity index (χ0n) is 17.8. The zero-order chi connectivity index (χ0) is 23.5. The van der Waals surface area contributed by atoms with Gasteiger partial charge in [0.05, 0.1) is 10.9 Å². The predicted molar refractivity (Wildman–Crippen MR) is 127 cm³/mol. The number of pyridine rings is 2. The molecule has 6 nitrogen and oxygen atoms in total. The fourth-order valence-electron chi connectivity index (χ4n) is 4.36. The van der Waals surface area contributed by atoms with Gasteiger partial charge in [0.15, 0.2) is 5.43 Å². The first-order valence-electron chi connectivity index (χ1n) is 10.2. The molecule has 2 aromatic carbocycles. The SMILES string of the molecule is C#Cc1ccc2c(c1)[nH]c1c2c(=O)c2cc(CC)c(-c3cncc(S(=O)(=O)F)c3)cc2n1C. The number of hydrogen-bond donors (Lipinski definition) is 1. The normalized spacial score (nSPS) is 11.9. The van der Waals surface area contributed by atoms with Crippen LogP contribution >= 0.6 is 0 Å². The maximum atomic E-state index is 13.6. The van der Waals surface area contributed by atoms with Gasteiger partial charge >= 0.3 is 10.2 Å². The lowest BCUT2D eigenvalue weighted by Gasteiger charge is -2.14. The van der Waals surface area contributed by atoms with Crippen LogP contribution in [0.1, 0.15) is 18.1 Å². The van der Waals surface area contributed by atoms with Gasteiger partial charge in [-0.2, -0.15) is 8.42 Å². The van der Waals surface area contributed by atoms with Gasteiger partial charge in [-0.1, -0.05) is 18.9 Å². The zero-order valence-corrected chi connectivity index (χ0v) is 18.6. The third kappa shape index (κ3) is 3.20. The Morgan fingerprint density at radius 3 is 2.64 bits per heavy atom. The smallest absolute Gasteiger partial charge is 0.333 e. The first-order valence-corrected chi connectivity index (χ1v) is 11.6. The summed E-state index contributed by atoms with van der Waals surface area (Å²) in [7, 11) is -3.05. The molecule has 3 heterocycles. The molecular weight excluding hydrogens is 441 g/mol. The number of hydrogen-bond acceptors (Lipinski definition) is 4. The minimum atomic E-state index is -4.90. The Hall–Kier alpha value is -3.96. The lowest BCUT2D eigenvalue weighted by Crippen LogP contribution is -2.09. The Kier molecular flexibility index (Phi) is 4.62. The van der Waals surface area contributed by atoms with E-state index in [0.29, 0.717) is 45.0 Å². The number of fused-ring (bicyclic) bond motifs is 4. The van der Waals surface area contributed by atoms with Crippen LogP contribution in [0.25, 0.3) is 44.0 Å². The van der Waals surface area contributed by atoms with Crippen LogP contribution < -0.4 is 5.43 Å². The van der Waals surface area contributed by atoms with Crippen molar-refractivity contribution in [2.75, 3.05) is 0 Å². The van der Waals surface area contributed by atoms with Gasteiger partial charge in [0, 0.05) is 46.9 Å². The summed E-state index contributed by atoms with van der Waals surface area (Å²) in [5.74, 6) is 2.60. The van der Waals surface area contributed by atoms with Crippen molar-refractivity contribution in [1.82, 2.24) is 14.5 Å². The van der Waals surface area contributed by atoms with Crippen LogP contribution in [0.5, 0.6) is 0 Å². The Bertz CT molecular complexity index is 1830. The third-order valence-electron chi connectivity index (χ3n) is 6.02. The molecule has 33 heavy (non-hydrogen) atoms. The summed E-state index contributed by atoms with van der Waals surface area (Å²) in [6, 6.07) is 10.4. The maximum Gasteiger partial charge on any atom is 0.333 e. The lowest BCUT2D eigenvalue weighted by atomic mass is 9.96. The van der Waals surface area contributed by atoms with Gasteiger partial charge in [-0.3, -0.25) is 9.78 Å². The molecule has 0 aliphatic heterocycles. The molecule has 0 radical (unpaired) electrons. The second kappa shape index (κ2) is 7.29. The van der Waals surface area contributed by atoms with Crippen LogP contribution in [0.3, 0.4) is 0 Å². The molecule has 3 aromatic heterocycles. The molecule has 0 fully saturated rings. The Morgan fingerprint density at radius 1 is 1.15 bits per heavy atom. The monoisotopic (exact) mass is 459 g/mol. The van der Waals surface area contributed by atoms with E-state index in [4.69, 9.17) is 6.42 Å². The molecule has 1 N–H and O–H groups in total. The maximum absolute atomic E-state index is 13.6. The molecular formula is C25H18FN3O3S. The highest BCUT2D eigenvalue weighted by molar-refractivity contribution is 7.86. The molecule has 0 amide bonds. The molecule has 0 saturated carbocycles. The molecule has 5 rings (SSSR count). The van der Waals surface area contributed by atoms with Crippen LogP contribution in [0.4, 0.5) is 3.89 Å². The Balaban J connectivity index is 1.87. The minimum Gasteiger partial charge on any atom is -0.340 e. The topological polar surface area (TPSA) is 84.8 Å². The van der Waals surface area contributed by atoms with Crippen molar-refractivity contribution in [3.63, 3.8) is 0 Å². The number of H-pyrrole nitrogens is 1. The third-order valence-corrected chi connectivity index (χ3v) is 6.81. The average molecular weight is 460 g/mol. The predicted octanol–water partition coefficient (Wildman–Crippen LogP) is 4.44. The highest BCUT2D eigenvalue weighted by atomic mass is 32.3. The number of nitrogens with one attached hydrogen (secondary N) is 1. The fraction of sp³-hybridized carbons (Fsp3) is 0.120. The first-order chi connectivity index (χ1) is 15.7. The van der Waals surface area contributed by atoms with Crippen LogP contribution in [-0.4, -0.2) is 23.0 Å². The fourth-order valence-corrected chi connectivity index (χ4v) is 4.82. The number of nitrogens with zero attached hydrogens (tertiary/aromatic N) is 2. The summed E-state index contributed by atoms with van der Waals surface area (Å²) in [4.78, 5) is 20.3. The summed E-state index contributed by atoms with van der Waals surface area (Å²) in [6.45, 7) is 1.93. The van der Waals surface area contributed by atoms with E-state index in [1.807, 2.05) is 42.8 Å². The summed E-state index contributed by atoms with van der Waals surface area (Å²) < 4.78 is 38.2. The van der Waals surface area contributed by atoms with Crippen molar-refractivity contribution >= 4 is 43.1 Å². The van der Waals surface area contributed by atoms with Gasteiger partial charge in [-0.05, 0) is 47.9 Å². The standard InChI is InChI=1S/C25H18FN3O3S/c1-4-14-6-7-18-21(8-14)28-25-23(18)24(30)20-10-15(5-2)19(11-22(20)29(25)3)16-9-17(13-27-12-16)33(26,31)32/h1,6-13,28H,5H2,2-3H3. The van der Waals surface area contributed by atoms with E-state index in [-0.39, 0.29) is 5.43 Å². The van der Waals surface area contributed by atoms with E-state index in [1.165, 1.54) is 12.3 Å². The number of terminal acetylenes is 1. The number of aromatic amines is 1. The second-order valence-corrected chi connectivity index (χ2v) is 9.22. The molecule has 5 aromatic rings. The Morgan fingerprint density at radius 2 is 1.94 bits per heavy atom. The highest BCUT2D eigenvalue weighted by Crippen LogP contribution is 2.32. The molecule has 0 spiro atoms. The molecule has 164 valence electrons. The van der Waals surface area contributed by atoms with Crippen molar-refractivity contribution < 1.29 is 12.3 Å². The van der Waals surface area contributed by atoms with Crippen molar-refractivity contribution in [2.24, 2.45) is 7.05 Å². The quantitative estimate of drug-likeness (QED) is 0.319. The molecule has 0 bridgehead atoms. The summed E-state index contributed by atoms with van der Waals surface area (Å²) in [5.41, 5.74) is 4.62. The van der Waals surface area contributed by atoms with Gasteiger partial charge in [-0.15, -0.1) is 10.3 Å². The highest BCUT2D eigenvalue weighted by Gasteiger charge is 2.19. The van der Waals surface area contributed by atoms with E-state index >= 15 is 0 Å². The minimum absolute atomic E-state index is 0.114. The number of halogens is 1. The summed E-state index contributed by atoms with van der Waals surface area (Å²) in [5, 5.41) is 1.90. The van der Waals surface area contributed by atoms with Gasteiger partial charge in [-0.25, -0.2) is 0 Å². The van der Waals surface area contributed by atoms with E-state index in [9.17, 15) is 17.1 Å². The van der Waals surface area contributed by atoms with Crippen LogP contribution in [0.15, 0.2) is 58.5 Å². The first kappa shape index (κ1) is 20.9. The van der Waals surface area contributed by atoms with Gasteiger partial charge in [0.2, 0.25) is 0 Å². The molecule has 0 atom stereocenters. The number of aryl methyl sites for hydroxylation is 2. The number of aromatic nitrogens is 3. The van der Waals surface area contributed by atoms with Crippen molar-refractivity contribution in [3.8, 4) is 23.5 Å². The molecule has 8 heteroatoms. The van der Waals surface area contributed by atoms with Crippen LogP contribution in [0.2, 0.25) is 0 Å². The molecule has 0 unspecified atom stereocenters. The average Bonchev–Trinajstić information content (AvgIpc) is 3.20. The van der Waals surface area contributed by atoms with Gasteiger partial charge in [0.25, 0.3) is 0 Å². The van der Waals surface area contributed by atoms with E-state index < -0.39 is 15.1 Å². The van der Waals surface area contributed by atoms with Gasteiger partial charge < -0.3 is 9.55 Å². The number of rotatable bonds is 3. The van der Waals surface area contributed by atoms with Crippen LogP contribution in [-0.2, 0) is 23.7 Å². The van der Waals surface area contributed by atoms with E-state index in [1.54, 1.807) is 6.07 Å². The number of benzene rings is 2. The van der Waals surface area contributed by atoms with Crippen molar-refractivity contribution in [2.45, 2.75) is 18.2 Å². The van der Waals surface area contributed by atoms with E-state index in [2.05, 4.69) is 15.9 Å². The van der Waals surface area contributed by atoms with Gasteiger partial charge in [0.1, 0.15) is 10.5 Å². The lowest BCUT2D eigenvalue weighted by molar-refractivity contribution is 0.551.